The Morgan fingerprint density at radius 1 is 0.560 bits per heavy atom. The Balaban J connectivity index is 0.000000235. The van der Waals surface area contributed by atoms with Crippen molar-refractivity contribution in [3.05, 3.63) is 246 Å². The first-order chi connectivity index (χ1) is 36.1. The standard InChI is InChI=1S/C30H29NO6.C21H20O4.C9H9NO3/c1-19-3-10-23(11-4-19)28-29(26(33)16-9-20-5-7-21(18-32)8-6-20)27(34)17-25(30(28)31(35)36)22-12-14-24(37-2)15-13-22;1-25-21-12-8-17(9-13-21)7-11-20(24)14-19(23)10-6-16-2-4-18(15-22)5-3-16;11-7-9-3-1-8(2-4-9)5-6-10(12)13/h3-16,25,28-30,32H,17-18H2,1-2H3;2-13,22H,14-15H2,1H3;1-6,11H,7H2/b16-9+;10-6+,11-7+;6-5+. The van der Waals surface area contributed by atoms with Crippen LogP contribution in [0.3, 0.4) is 0 Å². The number of ether oxygens (including phenoxy) is 2. The van der Waals surface area contributed by atoms with Gasteiger partial charge in [0.2, 0.25) is 12.2 Å². The molecular weight excluding hydrogens is 957 g/mol. The van der Waals surface area contributed by atoms with Gasteiger partial charge in [-0.1, -0.05) is 145 Å². The number of rotatable bonds is 19. The predicted molar refractivity (Wildman–Crippen MR) is 286 cm³/mol. The lowest BCUT2D eigenvalue weighted by Crippen LogP contribution is -2.48. The maximum atomic E-state index is 13.5. The van der Waals surface area contributed by atoms with E-state index in [9.17, 15) is 44.5 Å². The van der Waals surface area contributed by atoms with E-state index < -0.39 is 34.5 Å². The van der Waals surface area contributed by atoms with Crippen molar-refractivity contribution in [2.45, 2.75) is 57.5 Å². The first-order valence-corrected chi connectivity index (χ1v) is 23.7. The topological polar surface area (TPSA) is 234 Å². The van der Waals surface area contributed by atoms with Gasteiger partial charge >= 0.3 is 0 Å². The van der Waals surface area contributed by atoms with E-state index in [-0.39, 0.29) is 54.9 Å². The van der Waals surface area contributed by atoms with Crippen molar-refractivity contribution < 1.29 is 53.8 Å². The average Bonchev–Trinajstić information content (AvgIpc) is 3.43. The van der Waals surface area contributed by atoms with Crippen LogP contribution >= 0.6 is 0 Å². The minimum atomic E-state index is -1.17. The van der Waals surface area contributed by atoms with Gasteiger partial charge in [-0.15, -0.1) is 0 Å². The number of aliphatic hydroxyl groups excluding tert-OH is 3. The van der Waals surface area contributed by atoms with Gasteiger partial charge in [0, 0.05) is 17.4 Å². The summed E-state index contributed by atoms with van der Waals surface area (Å²) in [6.45, 7) is 1.79. The van der Waals surface area contributed by atoms with E-state index in [1.807, 2.05) is 31.2 Å². The predicted octanol–water partition coefficient (Wildman–Crippen LogP) is 9.75. The van der Waals surface area contributed by atoms with E-state index in [1.54, 1.807) is 147 Å². The highest BCUT2D eigenvalue weighted by atomic mass is 16.6. The molecule has 7 rings (SSSR count). The van der Waals surface area contributed by atoms with Gasteiger partial charge in [-0.3, -0.25) is 39.4 Å². The second-order valence-electron chi connectivity index (χ2n) is 17.3. The van der Waals surface area contributed by atoms with Gasteiger partial charge in [0.1, 0.15) is 17.3 Å². The number of nitro groups is 2. The Kier molecular flexibility index (Phi) is 22.1. The van der Waals surface area contributed by atoms with Gasteiger partial charge in [0.25, 0.3) is 0 Å². The van der Waals surface area contributed by atoms with Crippen LogP contribution in [0, 0.1) is 33.1 Å². The Bertz CT molecular complexity index is 2910. The van der Waals surface area contributed by atoms with E-state index in [2.05, 4.69) is 0 Å². The molecule has 1 aliphatic rings. The SMILES string of the molecule is COc1ccc(/C=C/C(=O)CC(=O)/C=C/c2ccc(CO)cc2)cc1.COc1ccc(C2CC(=O)C(C(=O)/C=C/c3ccc(CO)cc3)C(c3ccc(C)cc3)C2[N+](=O)[O-])cc1.O=[N+]([O-])/C=C/c1ccc(CO)cc1. The fraction of sp³-hybridized carbons (Fsp3) is 0.200. The van der Waals surface area contributed by atoms with Crippen LogP contribution in [0.5, 0.6) is 11.5 Å². The maximum Gasteiger partial charge on any atom is 0.235 e. The number of carbonyl (C=O) groups excluding carboxylic acids is 4. The third-order valence-corrected chi connectivity index (χ3v) is 12.2. The number of allylic oxidation sites excluding steroid dienone is 3. The molecule has 4 unspecified atom stereocenters. The molecular formula is C60H58N2O13. The summed E-state index contributed by atoms with van der Waals surface area (Å²) in [7, 11) is 3.13. The Morgan fingerprint density at radius 2 is 0.947 bits per heavy atom. The molecule has 1 saturated carbocycles. The summed E-state index contributed by atoms with van der Waals surface area (Å²) >= 11 is 0. The second kappa shape index (κ2) is 29.1. The number of benzene rings is 6. The van der Waals surface area contributed by atoms with Crippen molar-refractivity contribution in [1.82, 2.24) is 0 Å². The Hall–Kier alpha value is -8.76. The van der Waals surface area contributed by atoms with Crippen LogP contribution in [0.4, 0.5) is 0 Å². The maximum absolute atomic E-state index is 13.5. The molecule has 0 bridgehead atoms. The lowest BCUT2D eigenvalue weighted by molar-refractivity contribution is -0.533. The molecule has 0 aromatic heterocycles. The van der Waals surface area contributed by atoms with E-state index in [4.69, 9.17) is 19.7 Å². The zero-order chi connectivity index (χ0) is 54.3. The monoisotopic (exact) mass is 1010 g/mol. The molecule has 0 saturated heterocycles. The van der Waals surface area contributed by atoms with Gasteiger partial charge < -0.3 is 24.8 Å². The number of hydrogen-bond acceptors (Lipinski definition) is 13. The number of hydrogen-bond donors (Lipinski definition) is 3. The molecule has 3 N–H and O–H groups in total. The number of nitrogens with zero attached hydrogens (tertiary/aromatic N) is 2. The van der Waals surface area contributed by atoms with E-state index in [0.29, 0.717) is 16.9 Å². The molecule has 1 fully saturated rings. The molecule has 15 heteroatoms. The van der Waals surface area contributed by atoms with Gasteiger partial charge in [0.15, 0.2) is 17.3 Å². The zero-order valence-electron chi connectivity index (χ0n) is 41.6. The third kappa shape index (κ3) is 17.8. The number of aryl methyl sites for hydroxylation is 1. The van der Waals surface area contributed by atoms with Crippen LogP contribution in [0.1, 0.15) is 80.3 Å². The number of Topliss-reactive ketones (excluding diaryl/α,β-unsaturated/α-hetero) is 1. The molecule has 75 heavy (non-hydrogen) atoms. The summed E-state index contributed by atoms with van der Waals surface area (Å²) in [5.74, 6) is -2.68. The van der Waals surface area contributed by atoms with E-state index in [1.165, 1.54) is 31.4 Å². The molecule has 1 aliphatic carbocycles. The summed E-state index contributed by atoms with van der Waals surface area (Å²) in [5.41, 5.74) is 7.74. The highest BCUT2D eigenvalue weighted by Crippen LogP contribution is 2.46. The van der Waals surface area contributed by atoms with Crippen LogP contribution in [-0.4, -0.2) is 68.6 Å². The summed E-state index contributed by atoms with van der Waals surface area (Å²) in [6.07, 6.45) is 11.1. The molecule has 15 nitrogen and oxygen atoms in total. The zero-order valence-corrected chi connectivity index (χ0v) is 41.6. The van der Waals surface area contributed by atoms with Crippen molar-refractivity contribution in [3.63, 3.8) is 0 Å². The molecule has 386 valence electrons. The number of carbonyl (C=O) groups is 4. The van der Waals surface area contributed by atoms with Crippen LogP contribution in [0.2, 0.25) is 0 Å². The summed E-state index contributed by atoms with van der Waals surface area (Å²) in [6, 6.07) is 41.3. The fourth-order valence-corrected chi connectivity index (χ4v) is 8.08. The molecule has 6 aromatic rings. The summed E-state index contributed by atoms with van der Waals surface area (Å²) in [5, 5.41) is 49.5. The molecule has 4 atom stereocenters. The molecule has 0 amide bonds. The molecule has 6 aromatic carbocycles. The van der Waals surface area contributed by atoms with Crippen molar-refractivity contribution in [3.8, 4) is 11.5 Å². The number of aliphatic hydroxyl groups is 3. The first-order valence-electron chi connectivity index (χ1n) is 23.7. The van der Waals surface area contributed by atoms with E-state index >= 15 is 0 Å². The largest absolute Gasteiger partial charge is 0.497 e. The Labute approximate surface area is 434 Å². The van der Waals surface area contributed by atoms with E-state index in [0.717, 1.165) is 56.5 Å². The summed E-state index contributed by atoms with van der Waals surface area (Å²) < 4.78 is 10.3. The molecule has 0 aliphatic heterocycles. The average molecular weight is 1020 g/mol. The minimum absolute atomic E-state index is 0.0147. The number of ketones is 4. The van der Waals surface area contributed by atoms with Crippen molar-refractivity contribution in [2.75, 3.05) is 14.2 Å². The second-order valence-corrected chi connectivity index (χ2v) is 17.3. The fourth-order valence-electron chi connectivity index (χ4n) is 8.08. The lowest BCUT2D eigenvalue weighted by Gasteiger charge is -2.36. The highest BCUT2D eigenvalue weighted by molar-refractivity contribution is 6.11. The highest BCUT2D eigenvalue weighted by Gasteiger charge is 2.54. The molecule has 0 spiro atoms. The smallest absolute Gasteiger partial charge is 0.235 e. The summed E-state index contributed by atoms with van der Waals surface area (Å²) in [4.78, 5) is 72.4. The van der Waals surface area contributed by atoms with Gasteiger partial charge in [-0.2, -0.15) is 0 Å². The van der Waals surface area contributed by atoms with Crippen LogP contribution in [0.25, 0.3) is 24.3 Å². The molecule has 0 radical (unpaired) electrons. The first kappa shape index (κ1) is 57.1. The van der Waals surface area contributed by atoms with Crippen LogP contribution in [0.15, 0.2) is 170 Å². The minimum Gasteiger partial charge on any atom is -0.497 e. The van der Waals surface area contributed by atoms with Crippen molar-refractivity contribution in [1.29, 1.82) is 0 Å². The van der Waals surface area contributed by atoms with Gasteiger partial charge in [-0.25, -0.2) is 0 Å². The Morgan fingerprint density at radius 3 is 1.35 bits per heavy atom. The quantitative estimate of drug-likeness (QED) is 0.0297. The van der Waals surface area contributed by atoms with Gasteiger partial charge in [0.05, 0.1) is 63.1 Å². The number of methoxy groups -OCH3 is 2. The van der Waals surface area contributed by atoms with Crippen molar-refractivity contribution >= 4 is 47.4 Å². The van der Waals surface area contributed by atoms with Crippen LogP contribution < -0.4 is 9.47 Å². The van der Waals surface area contributed by atoms with Crippen molar-refractivity contribution in [2.24, 2.45) is 5.92 Å². The normalized spacial score (nSPS) is 16.2. The van der Waals surface area contributed by atoms with Gasteiger partial charge in [-0.05, 0) is 99.5 Å². The van der Waals surface area contributed by atoms with Crippen LogP contribution in [-0.2, 0) is 39.0 Å². The lowest BCUT2D eigenvalue weighted by atomic mass is 9.64. The third-order valence-electron chi connectivity index (χ3n) is 12.2. The molecule has 0 heterocycles.